The van der Waals surface area contributed by atoms with Crippen molar-refractivity contribution in [1.29, 1.82) is 0 Å². The van der Waals surface area contributed by atoms with Crippen LogP contribution in [-0.4, -0.2) is 34.8 Å². The molecule has 0 N–H and O–H groups in total. The van der Waals surface area contributed by atoms with Crippen LogP contribution in [0.3, 0.4) is 0 Å². The fourth-order valence-electron chi connectivity index (χ4n) is 2.32. The van der Waals surface area contributed by atoms with E-state index in [0.717, 1.165) is 17.5 Å². The van der Waals surface area contributed by atoms with Crippen molar-refractivity contribution < 1.29 is 9.47 Å². The number of rotatable bonds is 7. The van der Waals surface area contributed by atoms with Crippen molar-refractivity contribution >= 4 is 6.21 Å². The molecule has 3 rings (SSSR count). The fourth-order valence-corrected chi connectivity index (χ4v) is 2.32. The number of benzene rings is 2. The summed E-state index contributed by atoms with van der Waals surface area (Å²) in [6.07, 6.45) is 4.26. The average molecular weight is 336 g/mol. The van der Waals surface area contributed by atoms with E-state index in [0.29, 0.717) is 23.9 Å². The lowest BCUT2D eigenvalue weighted by molar-refractivity contribution is 0.294. The highest BCUT2D eigenvalue weighted by Gasteiger charge is 2.07. The smallest absolute Gasteiger partial charge is 0.184 e. The minimum atomic E-state index is 0.639. The van der Waals surface area contributed by atoms with E-state index in [4.69, 9.17) is 9.47 Å². The van der Waals surface area contributed by atoms with Crippen molar-refractivity contribution in [1.82, 2.24) is 14.9 Å². The summed E-state index contributed by atoms with van der Waals surface area (Å²) >= 11 is 0. The maximum Gasteiger partial charge on any atom is 0.184 e. The molecule has 6 nitrogen and oxygen atoms in total. The highest BCUT2D eigenvalue weighted by Crippen LogP contribution is 2.27. The van der Waals surface area contributed by atoms with Crippen LogP contribution in [0.4, 0.5) is 0 Å². The number of nitrogens with zero attached hydrogens (tertiary/aromatic N) is 4. The van der Waals surface area contributed by atoms with Gasteiger partial charge in [-0.05, 0) is 30.2 Å². The lowest BCUT2D eigenvalue weighted by Gasteiger charge is -2.10. The maximum atomic E-state index is 5.73. The molecule has 2 aromatic carbocycles. The summed E-state index contributed by atoms with van der Waals surface area (Å²) < 4.78 is 12.7. The van der Waals surface area contributed by atoms with Gasteiger partial charge < -0.3 is 9.47 Å². The highest BCUT2D eigenvalue weighted by molar-refractivity contribution is 5.81. The van der Waals surface area contributed by atoms with Gasteiger partial charge in [0.1, 0.15) is 6.33 Å². The summed E-state index contributed by atoms with van der Waals surface area (Å²) in [5, 5.41) is 12.5. The molecule has 0 spiro atoms. The van der Waals surface area contributed by atoms with Gasteiger partial charge in [-0.15, -0.1) is 10.2 Å². The minimum absolute atomic E-state index is 0.639. The van der Waals surface area contributed by atoms with Crippen LogP contribution in [-0.2, 0) is 0 Å². The first-order valence-corrected chi connectivity index (χ1v) is 8.12. The molecule has 0 radical (unpaired) electrons. The van der Waals surface area contributed by atoms with Crippen LogP contribution in [0.15, 0.2) is 60.0 Å². The van der Waals surface area contributed by atoms with Crippen LogP contribution in [0.25, 0.3) is 11.4 Å². The molecule has 0 aliphatic rings. The third-order valence-corrected chi connectivity index (χ3v) is 3.54. The van der Waals surface area contributed by atoms with E-state index >= 15 is 0 Å². The van der Waals surface area contributed by atoms with Gasteiger partial charge in [0.2, 0.25) is 0 Å². The van der Waals surface area contributed by atoms with Gasteiger partial charge in [-0.2, -0.15) is 9.78 Å². The zero-order chi connectivity index (χ0) is 17.5. The molecule has 0 amide bonds. The monoisotopic (exact) mass is 336 g/mol. The van der Waals surface area contributed by atoms with Gasteiger partial charge >= 0.3 is 0 Å². The summed E-state index contributed by atoms with van der Waals surface area (Å²) in [7, 11) is 1.63. The molecule has 128 valence electrons. The van der Waals surface area contributed by atoms with Crippen LogP contribution in [0, 0.1) is 0 Å². The highest BCUT2D eigenvalue weighted by atomic mass is 16.5. The second kappa shape index (κ2) is 8.10. The molecule has 6 heteroatoms. The van der Waals surface area contributed by atoms with Crippen molar-refractivity contribution in [3.8, 4) is 22.9 Å². The number of ether oxygens (including phenoxy) is 2. The first-order chi connectivity index (χ1) is 12.3. The van der Waals surface area contributed by atoms with Crippen molar-refractivity contribution in [3.05, 3.63) is 60.4 Å². The summed E-state index contributed by atoms with van der Waals surface area (Å²) in [6.45, 7) is 2.70. The predicted octanol–water partition coefficient (Wildman–Crippen LogP) is 3.62. The van der Waals surface area contributed by atoms with Crippen LogP contribution in [0.5, 0.6) is 11.5 Å². The van der Waals surface area contributed by atoms with Gasteiger partial charge in [0.15, 0.2) is 17.3 Å². The zero-order valence-corrected chi connectivity index (χ0v) is 14.3. The Balaban J connectivity index is 1.84. The largest absolute Gasteiger partial charge is 0.493 e. The molecule has 0 bridgehead atoms. The SMILES string of the molecule is CCCOc1cc(/C=N\n2cnnc2-c2ccccc2)ccc1OC. The van der Waals surface area contributed by atoms with Crippen molar-refractivity contribution in [2.24, 2.45) is 5.10 Å². The lowest BCUT2D eigenvalue weighted by Crippen LogP contribution is -1.99. The van der Waals surface area contributed by atoms with Gasteiger partial charge in [0, 0.05) is 5.56 Å². The third kappa shape index (κ3) is 4.03. The summed E-state index contributed by atoms with van der Waals surface area (Å²) in [6, 6.07) is 15.5. The molecule has 1 aromatic heterocycles. The van der Waals surface area contributed by atoms with Gasteiger partial charge in [0.25, 0.3) is 0 Å². The predicted molar refractivity (Wildman–Crippen MR) is 97.2 cm³/mol. The Morgan fingerprint density at radius 1 is 1.12 bits per heavy atom. The van der Waals surface area contributed by atoms with Crippen LogP contribution in [0.2, 0.25) is 0 Å². The van der Waals surface area contributed by atoms with Gasteiger partial charge in [0.05, 0.1) is 19.9 Å². The molecule has 3 aromatic rings. The Morgan fingerprint density at radius 3 is 2.72 bits per heavy atom. The van der Waals surface area contributed by atoms with E-state index in [1.807, 2.05) is 48.5 Å². The molecule has 1 heterocycles. The molecular weight excluding hydrogens is 316 g/mol. The Hall–Kier alpha value is -3.15. The van der Waals surface area contributed by atoms with Gasteiger partial charge in [-0.25, -0.2) is 0 Å². The topological polar surface area (TPSA) is 61.5 Å². The number of methoxy groups -OCH3 is 1. The Kier molecular flexibility index (Phi) is 5.41. The third-order valence-electron chi connectivity index (χ3n) is 3.54. The molecule has 0 aliphatic heterocycles. The summed E-state index contributed by atoms with van der Waals surface area (Å²) in [4.78, 5) is 0. The van der Waals surface area contributed by atoms with E-state index in [2.05, 4.69) is 22.2 Å². The van der Waals surface area contributed by atoms with Crippen LogP contribution >= 0.6 is 0 Å². The zero-order valence-electron chi connectivity index (χ0n) is 14.3. The quantitative estimate of drug-likeness (QED) is 0.618. The molecule has 0 aliphatic carbocycles. The van der Waals surface area contributed by atoms with E-state index in [1.165, 1.54) is 0 Å². The molecular formula is C19H20N4O2. The molecule has 0 fully saturated rings. The van der Waals surface area contributed by atoms with Crippen molar-refractivity contribution in [3.63, 3.8) is 0 Å². The summed E-state index contributed by atoms with van der Waals surface area (Å²) in [5.74, 6) is 2.10. The lowest BCUT2D eigenvalue weighted by atomic mass is 10.2. The molecule has 0 atom stereocenters. The number of hydrogen-bond donors (Lipinski definition) is 0. The van der Waals surface area contributed by atoms with E-state index in [-0.39, 0.29) is 0 Å². The molecule has 25 heavy (non-hydrogen) atoms. The minimum Gasteiger partial charge on any atom is -0.493 e. The first-order valence-electron chi connectivity index (χ1n) is 8.12. The number of aromatic nitrogens is 3. The van der Waals surface area contributed by atoms with Crippen LogP contribution in [0.1, 0.15) is 18.9 Å². The maximum absolute atomic E-state index is 5.73. The second-order valence-corrected chi connectivity index (χ2v) is 5.37. The van der Waals surface area contributed by atoms with Crippen molar-refractivity contribution in [2.75, 3.05) is 13.7 Å². The standard InChI is InChI=1S/C19H20N4O2/c1-3-11-25-18-12-15(9-10-17(18)24-2)13-21-23-14-20-22-19(23)16-7-5-4-6-8-16/h4-10,12-14H,3,11H2,1-2H3/b21-13-. The normalized spacial score (nSPS) is 11.0. The van der Waals surface area contributed by atoms with Gasteiger partial charge in [-0.1, -0.05) is 37.3 Å². The Labute approximate surface area is 146 Å². The Morgan fingerprint density at radius 2 is 1.96 bits per heavy atom. The fraction of sp³-hybridized carbons (Fsp3) is 0.211. The molecule has 0 unspecified atom stereocenters. The van der Waals surface area contributed by atoms with Crippen LogP contribution < -0.4 is 9.47 Å². The first kappa shape index (κ1) is 16.7. The molecule has 0 saturated carbocycles. The Bertz CT molecular complexity index is 844. The van der Waals surface area contributed by atoms with E-state index in [9.17, 15) is 0 Å². The molecule has 0 saturated heterocycles. The van der Waals surface area contributed by atoms with Gasteiger partial charge in [-0.3, -0.25) is 0 Å². The summed E-state index contributed by atoms with van der Waals surface area (Å²) in [5.41, 5.74) is 1.86. The van der Waals surface area contributed by atoms with E-state index < -0.39 is 0 Å². The number of hydrogen-bond acceptors (Lipinski definition) is 5. The average Bonchev–Trinajstić information content (AvgIpc) is 3.14. The van der Waals surface area contributed by atoms with Crippen molar-refractivity contribution in [2.45, 2.75) is 13.3 Å². The second-order valence-electron chi connectivity index (χ2n) is 5.37. The van der Waals surface area contributed by atoms with E-state index in [1.54, 1.807) is 24.3 Å².